The third kappa shape index (κ3) is 6.18. The highest BCUT2D eigenvalue weighted by molar-refractivity contribution is 6.30. The average Bonchev–Trinajstić information content (AvgIpc) is 2.61. The smallest absolute Gasteiger partial charge is 0.245 e. The second-order valence-corrected chi connectivity index (χ2v) is 7.33. The van der Waals surface area contributed by atoms with Crippen molar-refractivity contribution in [3.63, 3.8) is 0 Å². The number of nitrogens with zero attached hydrogens (tertiary/aromatic N) is 2. The molecule has 1 aliphatic rings. The lowest BCUT2D eigenvalue weighted by atomic mass is 10.0. The van der Waals surface area contributed by atoms with Gasteiger partial charge in [-0.05, 0) is 30.2 Å². The summed E-state index contributed by atoms with van der Waals surface area (Å²) in [5.41, 5.74) is 0. The summed E-state index contributed by atoms with van der Waals surface area (Å²) in [6.45, 7) is 9.69. The van der Waals surface area contributed by atoms with E-state index in [1.54, 1.807) is 0 Å². The number of benzene rings is 1. The molecule has 2 amide bonds. The number of carbonyl (C=O) groups is 2. The van der Waals surface area contributed by atoms with E-state index < -0.39 is 6.04 Å². The van der Waals surface area contributed by atoms with Gasteiger partial charge in [-0.15, -0.1) is 0 Å². The molecular formula is C19H28ClN3O3. The van der Waals surface area contributed by atoms with Crippen LogP contribution in [0.25, 0.3) is 0 Å². The fraction of sp³-hybridized carbons (Fsp3) is 0.579. The Hall–Kier alpha value is -1.79. The second kappa shape index (κ2) is 9.78. The standard InChI is InChI=1S/C19H28ClN3O3/c1-14(2)18(21-15(3)24)19(25)23-10-8-22(9-11-23)12-13-26-17-6-4-16(20)5-7-17/h4-7,14,18H,8-13H2,1-3H3,(H,21,24)/t18-/m1/s1. The Labute approximate surface area is 160 Å². The molecule has 0 saturated carbocycles. The molecule has 1 N–H and O–H groups in total. The molecule has 1 aliphatic heterocycles. The van der Waals surface area contributed by atoms with Crippen LogP contribution in [0.3, 0.4) is 0 Å². The minimum absolute atomic E-state index is 0.00673. The number of carbonyl (C=O) groups excluding carboxylic acids is 2. The molecule has 2 rings (SSSR count). The van der Waals surface area contributed by atoms with Gasteiger partial charge in [-0.1, -0.05) is 25.4 Å². The van der Waals surface area contributed by atoms with Crippen molar-refractivity contribution in [2.24, 2.45) is 5.92 Å². The Morgan fingerprint density at radius 2 is 1.77 bits per heavy atom. The van der Waals surface area contributed by atoms with Crippen molar-refractivity contribution in [1.82, 2.24) is 15.1 Å². The lowest BCUT2D eigenvalue weighted by molar-refractivity contribution is -0.138. The molecule has 0 aromatic heterocycles. The summed E-state index contributed by atoms with van der Waals surface area (Å²) in [5.74, 6) is 0.706. The molecule has 1 saturated heterocycles. The van der Waals surface area contributed by atoms with Crippen LogP contribution in [0.2, 0.25) is 5.02 Å². The molecule has 1 heterocycles. The van der Waals surface area contributed by atoms with Crippen LogP contribution in [0.4, 0.5) is 0 Å². The number of nitrogens with one attached hydrogen (secondary N) is 1. The third-order valence-electron chi connectivity index (χ3n) is 4.47. The van der Waals surface area contributed by atoms with E-state index >= 15 is 0 Å². The number of rotatable bonds is 7. The normalized spacial score (nSPS) is 16.4. The topological polar surface area (TPSA) is 61.9 Å². The Morgan fingerprint density at radius 1 is 1.15 bits per heavy atom. The van der Waals surface area contributed by atoms with Crippen LogP contribution in [0.15, 0.2) is 24.3 Å². The largest absolute Gasteiger partial charge is 0.492 e. The maximum absolute atomic E-state index is 12.7. The van der Waals surface area contributed by atoms with Gasteiger partial charge in [0.15, 0.2) is 0 Å². The Morgan fingerprint density at radius 3 is 2.31 bits per heavy atom. The van der Waals surface area contributed by atoms with Crippen molar-refractivity contribution in [3.8, 4) is 5.75 Å². The summed E-state index contributed by atoms with van der Waals surface area (Å²) in [4.78, 5) is 28.1. The van der Waals surface area contributed by atoms with Gasteiger partial charge in [0.25, 0.3) is 0 Å². The van der Waals surface area contributed by atoms with E-state index in [-0.39, 0.29) is 17.7 Å². The first-order valence-corrected chi connectivity index (χ1v) is 9.41. The molecule has 26 heavy (non-hydrogen) atoms. The molecule has 1 aromatic carbocycles. The van der Waals surface area contributed by atoms with Gasteiger partial charge in [-0.25, -0.2) is 0 Å². The Balaban J connectivity index is 1.74. The van der Waals surface area contributed by atoms with E-state index in [0.29, 0.717) is 24.7 Å². The Kier molecular flexibility index (Phi) is 7.72. The van der Waals surface area contributed by atoms with Crippen LogP contribution in [-0.4, -0.2) is 67.0 Å². The van der Waals surface area contributed by atoms with E-state index in [0.717, 1.165) is 25.4 Å². The van der Waals surface area contributed by atoms with Crippen molar-refractivity contribution < 1.29 is 14.3 Å². The maximum atomic E-state index is 12.7. The predicted octanol–water partition coefficient (Wildman–Crippen LogP) is 2.02. The highest BCUT2D eigenvalue weighted by Gasteiger charge is 2.29. The first kappa shape index (κ1) is 20.5. The van der Waals surface area contributed by atoms with Crippen LogP contribution >= 0.6 is 11.6 Å². The summed E-state index contributed by atoms with van der Waals surface area (Å²) in [6.07, 6.45) is 0. The summed E-state index contributed by atoms with van der Waals surface area (Å²) in [6, 6.07) is 6.87. The van der Waals surface area contributed by atoms with Gasteiger partial charge in [0.1, 0.15) is 18.4 Å². The molecule has 7 heteroatoms. The zero-order chi connectivity index (χ0) is 19.1. The quantitative estimate of drug-likeness (QED) is 0.785. The molecule has 1 aromatic rings. The summed E-state index contributed by atoms with van der Waals surface area (Å²) >= 11 is 5.86. The van der Waals surface area contributed by atoms with Crippen molar-refractivity contribution >= 4 is 23.4 Å². The fourth-order valence-corrected chi connectivity index (χ4v) is 3.07. The van der Waals surface area contributed by atoms with Gasteiger partial charge >= 0.3 is 0 Å². The molecule has 1 atom stereocenters. The molecule has 0 unspecified atom stereocenters. The van der Waals surface area contributed by atoms with Gasteiger partial charge in [-0.2, -0.15) is 0 Å². The maximum Gasteiger partial charge on any atom is 0.245 e. The van der Waals surface area contributed by atoms with Gasteiger partial charge in [-0.3, -0.25) is 14.5 Å². The molecule has 0 spiro atoms. The van der Waals surface area contributed by atoms with Gasteiger partial charge in [0.2, 0.25) is 11.8 Å². The molecular weight excluding hydrogens is 354 g/mol. The zero-order valence-corrected chi connectivity index (χ0v) is 16.5. The van der Waals surface area contributed by atoms with Crippen LogP contribution in [-0.2, 0) is 9.59 Å². The number of amides is 2. The van der Waals surface area contributed by atoms with Crippen molar-refractivity contribution in [3.05, 3.63) is 29.3 Å². The summed E-state index contributed by atoms with van der Waals surface area (Å²) < 4.78 is 5.72. The highest BCUT2D eigenvalue weighted by Crippen LogP contribution is 2.15. The first-order valence-electron chi connectivity index (χ1n) is 9.03. The number of hydrogen-bond donors (Lipinski definition) is 1. The predicted molar refractivity (Wildman–Crippen MR) is 102 cm³/mol. The monoisotopic (exact) mass is 381 g/mol. The second-order valence-electron chi connectivity index (χ2n) is 6.89. The van der Waals surface area contributed by atoms with E-state index in [4.69, 9.17) is 16.3 Å². The van der Waals surface area contributed by atoms with Gasteiger partial charge in [0, 0.05) is 44.7 Å². The van der Waals surface area contributed by atoms with Gasteiger partial charge < -0.3 is 15.0 Å². The van der Waals surface area contributed by atoms with Crippen LogP contribution in [0, 0.1) is 5.92 Å². The molecule has 1 fully saturated rings. The minimum Gasteiger partial charge on any atom is -0.492 e. The van der Waals surface area contributed by atoms with Crippen molar-refractivity contribution in [2.75, 3.05) is 39.3 Å². The first-order chi connectivity index (χ1) is 12.4. The van der Waals surface area contributed by atoms with E-state index in [1.807, 2.05) is 43.0 Å². The van der Waals surface area contributed by atoms with Crippen molar-refractivity contribution in [1.29, 1.82) is 0 Å². The van der Waals surface area contributed by atoms with E-state index in [1.165, 1.54) is 6.92 Å². The number of hydrogen-bond acceptors (Lipinski definition) is 4. The SMILES string of the molecule is CC(=O)N[C@@H](C(=O)N1CCN(CCOc2ccc(Cl)cc2)CC1)C(C)C. The third-order valence-corrected chi connectivity index (χ3v) is 4.72. The van der Waals surface area contributed by atoms with Crippen LogP contribution < -0.4 is 10.1 Å². The highest BCUT2D eigenvalue weighted by atomic mass is 35.5. The molecule has 144 valence electrons. The lowest BCUT2D eigenvalue weighted by Gasteiger charge is -2.37. The van der Waals surface area contributed by atoms with E-state index in [2.05, 4.69) is 10.2 Å². The van der Waals surface area contributed by atoms with Gasteiger partial charge in [0.05, 0.1) is 0 Å². The van der Waals surface area contributed by atoms with Crippen molar-refractivity contribution in [2.45, 2.75) is 26.8 Å². The number of ether oxygens (including phenoxy) is 1. The summed E-state index contributed by atoms with van der Waals surface area (Å²) in [7, 11) is 0. The fourth-order valence-electron chi connectivity index (χ4n) is 2.94. The van der Waals surface area contributed by atoms with E-state index in [9.17, 15) is 9.59 Å². The van der Waals surface area contributed by atoms with Crippen LogP contribution in [0.1, 0.15) is 20.8 Å². The minimum atomic E-state index is -0.452. The van der Waals surface area contributed by atoms with Crippen LogP contribution in [0.5, 0.6) is 5.75 Å². The summed E-state index contributed by atoms with van der Waals surface area (Å²) in [5, 5.41) is 3.46. The lowest BCUT2D eigenvalue weighted by Crippen LogP contribution is -2.56. The average molecular weight is 382 g/mol. The molecule has 0 radical (unpaired) electrons. The molecule has 0 bridgehead atoms. The number of piperazine rings is 1. The molecule has 0 aliphatic carbocycles. The zero-order valence-electron chi connectivity index (χ0n) is 15.7. The number of halogens is 1. The molecule has 6 nitrogen and oxygen atoms in total. The Bertz CT molecular complexity index is 599.